The molecule has 5 rings (SSSR count). The molecule has 6 nitrogen and oxygen atoms in total. The lowest BCUT2D eigenvalue weighted by Gasteiger charge is -2.29. The molecule has 1 aliphatic rings. The minimum atomic E-state index is -0.357. The number of carbonyl (C=O) groups is 1. The van der Waals surface area contributed by atoms with Gasteiger partial charge >= 0.3 is 0 Å². The van der Waals surface area contributed by atoms with Crippen LogP contribution in [0.2, 0.25) is 0 Å². The Morgan fingerprint density at radius 2 is 1.90 bits per heavy atom. The minimum absolute atomic E-state index is 0.0908. The molecule has 0 saturated carbocycles. The molecule has 0 spiro atoms. The van der Waals surface area contributed by atoms with Crippen molar-refractivity contribution in [1.82, 2.24) is 18.9 Å². The quantitative estimate of drug-likeness (QED) is 0.531. The fourth-order valence-corrected chi connectivity index (χ4v) is 3.79. The lowest BCUT2D eigenvalue weighted by Crippen LogP contribution is -2.37. The molecule has 0 radical (unpaired) electrons. The number of pyridine rings is 2. The number of nitrogens with zero attached hydrogens (tertiary/aromatic N) is 4. The Bertz CT molecular complexity index is 1290. The Morgan fingerprint density at radius 3 is 2.72 bits per heavy atom. The Hall–Kier alpha value is -3.74. The average molecular weight is 388 g/mol. The van der Waals surface area contributed by atoms with Gasteiger partial charge in [-0.2, -0.15) is 0 Å². The third-order valence-corrected chi connectivity index (χ3v) is 5.29. The first-order chi connectivity index (χ1) is 14.1. The highest BCUT2D eigenvalue weighted by molar-refractivity contribution is 5.99. The molecule has 29 heavy (non-hydrogen) atoms. The first kappa shape index (κ1) is 17.4. The monoisotopic (exact) mass is 388 g/mol. The van der Waals surface area contributed by atoms with Gasteiger partial charge in [-0.15, -0.1) is 0 Å². The molecule has 0 N–H and O–H groups in total. The number of hydrogen-bond donors (Lipinski definition) is 0. The van der Waals surface area contributed by atoms with Crippen LogP contribution in [0.15, 0.2) is 72.0 Å². The molecule has 4 aromatic rings. The van der Waals surface area contributed by atoms with Crippen molar-refractivity contribution in [3.8, 4) is 5.69 Å². The molecule has 0 fully saturated rings. The predicted molar refractivity (Wildman–Crippen MR) is 106 cm³/mol. The number of benzene rings is 1. The molecule has 144 valence electrons. The second-order valence-corrected chi connectivity index (χ2v) is 7.07. The third-order valence-electron chi connectivity index (χ3n) is 5.29. The molecular formula is C22H17FN4O2. The molecule has 0 unspecified atom stereocenters. The van der Waals surface area contributed by atoms with Gasteiger partial charge in [0.05, 0.1) is 5.56 Å². The number of aromatic nitrogens is 3. The van der Waals surface area contributed by atoms with E-state index in [1.807, 2.05) is 16.7 Å². The first-order valence-corrected chi connectivity index (χ1v) is 9.31. The summed E-state index contributed by atoms with van der Waals surface area (Å²) in [4.78, 5) is 31.7. The maximum absolute atomic E-state index is 13.2. The lowest BCUT2D eigenvalue weighted by molar-refractivity contribution is 0.0735. The minimum Gasteiger partial charge on any atom is -0.334 e. The second-order valence-electron chi connectivity index (χ2n) is 7.07. The van der Waals surface area contributed by atoms with Crippen LogP contribution in [-0.4, -0.2) is 31.3 Å². The number of imidazole rings is 1. The molecule has 1 amide bonds. The van der Waals surface area contributed by atoms with Crippen molar-refractivity contribution >= 4 is 11.6 Å². The Labute approximate surface area is 165 Å². The van der Waals surface area contributed by atoms with Crippen molar-refractivity contribution in [3.63, 3.8) is 0 Å². The normalized spacial score (nSPS) is 13.5. The number of carbonyl (C=O) groups excluding carboxylic acids is 1. The van der Waals surface area contributed by atoms with Crippen molar-refractivity contribution < 1.29 is 9.18 Å². The van der Waals surface area contributed by atoms with Gasteiger partial charge in [0.25, 0.3) is 11.5 Å². The van der Waals surface area contributed by atoms with Crippen LogP contribution in [0, 0.1) is 5.82 Å². The number of halogens is 1. The zero-order valence-corrected chi connectivity index (χ0v) is 15.5. The fraction of sp³-hybridized carbons (Fsp3) is 0.136. The van der Waals surface area contributed by atoms with Crippen molar-refractivity contribution in [2.75, 3.05) is 6.54 Å². The second kappa shape index (κ2) is 6.70. The topological polar surface area (TPSA) is 59.6 Å². The van der Waals surface area contributed by atoms with Crippen LogP contribution in [0.1, 0.15) is 21.5 Å². The van der Waals surface area contributed by atoms with Crippen LogP contribution in [0.5, 0.6) is 0 Å². The number of amides is 1. The number of fused-ring (bicyclic) bond motifs is 2. The van der Waals surface area contributed by atoms with Crippen LogP contribution in [0.4, 0.5) is 4.39 Å². The van der Waals surface area contributed by atoms with E-state index in [1.54, 1.807) is 47.8 Å². The third kappa shape index (κ3) is 3.00. The van der Waals surface area contributed by atoms with E-state index in [1.165, 1.54) is 16.7 Å². The molecule has 0 atom stereocenters. The van der Waals surface area contributed by atoms with Gasteiger partial charge in [0.2, 0.25) is 0 Å². The highest BCUT2D eigenvalue weighted by Crippen LogP contribution is 2.21. The fourth-order valence-electron chi connectivity index (χ4n) is 3.79. The molecule has 0 saturated heterocycles. The predicted octanol–water partition coefficient (Wildman–Crippen LogP) is 2.82. The lowest BCUT2D eigenvalue weighted by atomic mass is 10.0. The summed E-state index contributed by atoms with van der Waals surface area (Å²) in [6.07, 6.45) is 7.68. The molecule has 1 aromatic carbocycles. The Kier molecular flexibility index (Phi) is 4.01. The molecule has 1 aliphatic heterocycles. The van der Waals surface area contributed by atoms with E-state index in [-0.39, 0.29) is 17.3 Å². The summed E-state index contributed by atoms with van der Waals surface area (Å²) < 4.78 is 16.5. The van der Waals surface area contributed by atoms with E-state index in [2.05, 4.69) is 4.98 Å². The molecular weight excluding hydrogens is 371 g/mol. The molecule has 4 heterocycles. The summed E-state index contributed by atoms with van der Waals surface area (Å²) in [6, 6.07) is 11.0. The van der Waals surface area contributed by atoms with Crippen molar-refractivity contribution in [1.29, 1.82) is 0 Å². The average Bonchev–Trinajstić information content (AvgIpc) is 3.22. The molecule has 3 aromatic heterocycles. The number of rotatable bonds is 2. The van der Waals surface area contributed by atoms with Gasteiger partial charge in [-0.25, -0.2) is 9.37 Å². The summed E-state index contributed by atoms with van der Waals surface area (Å²) in [5.41, 5.74) is 3.44. The van der Waals surface area contributed by atoms with Gasteiger partial charge in [0, 0.05) is 49.6 Å². The Morgan fingerprint density at radius 1 is 1.07 bits per heavy atom. The van der Waals surface area contributed by atoms with Crippen LogP contribution in [0.25, 0.3) is 11.3 Å². The van der Waals surface area contributed by atoms with Crippen molar-refractivity contribution in [2.45, 2.75) is 13.0 Å². The SMILES string of the molecule is O=C(c1cccn2ccnc12)N1CCc2cc(=O)n(-c3ccc(F)cc3)cc2C1. The maximum atomic E-state index is 13.2. The van der Waals surface area contributed by atoms with Crippen molar-refractivity contribution in [3.05, 3.63) is 100 Å². The van der Waals surface area contributed by atoms with E-state index in [0.717, 1.165) is 11.1 Å². The van der Waals surface area contributed by atoms with E-state index in [4.69, 9.17) is 0 Å². The van der Waals surface area contributed by atoms with Crippen LogP contribution in [-0.2, 0) is 13.0 Å². The van der Waals surface area contributed by atoms with E-state index in [9.17, 15) is 14.0 Å². The zero-order chi connectivity index (χ0) is 20.0. The highest BCUT2D eigenvalue weighted by Gasteiger charge is 2.24. The van der Waals surface area contributed by atoms with Gasteiger partial charge in [-0.3, -0.25) is 14.2 Å². The van der Waals surface area contributed by atoms with Crippen LogP contribution >= 0.6 is 0 Å². The standard InChI is InChI=1S/C22H17FN4O2/c23-17-3-5-18(6-4-17)27-14-16-13-26(10-7-15(16)12-20(27)28)22(29)19-2-1-9-25-11-8-24-21(19)25/h1-6,8-9,11-12,14H,7,10,13H2. The summed E-state index contributed by atoms with van der Waals surface area (Å²) in [5, 5.41) is 0. The maximum Gasteiger partial charge on any atom is 0.257 e. The van der Waals surface area contributed by atoms with E-state index < -0.39 is 0 Å². The van der Waals surface area contributed by atoms with Gasteiger partial charge in [-0.1, -0.05) is 0 Å². The van der Waals surface area contributed by atoms with Gasteiger partial charge in [-0.05, 0) is 53.9 Å². The number of hydrogen-bond acceptors (Lipinski definition) is 3. The zero-order valence-electron chi connectivity index (χ0n) is 15.5. The molecule has 0 bridgehead atoms. The smallest absolute Gasteiger partial charge is 0.257 e. The molecule has 0 aliphatic carbocycles. The van der Waals surface area contributed by atoms with E-state index >= 15 is 0 Å². The Balaban J connectivity index is 1.49. The summed E-state index contributed by atoms with van der Waals surface area (Å²) in [6.45, 7) is 0.936. The highest BCUT2D eigenvalue weighted by atomic mass is 19.1. The van der Waals surface area contributed by atoms with Gasteiger partial charge < -0.3 is 9.30 Å². The van der Waals surface area contributed by atoms with Crippen molar-refractivity contribution in [2.24, 2.45) is 0 Å². The largest absolute Gasteiger partial charge is 0.334 e. The van der Waals surface area contributed by atoms with Crippen LogP contribution < -0.4 is 5.56 Å². The first-order valence-electron chi connectivity index (χ1n) is 9.31. The van der Waals surface area contributed by atoms with Gasteiger partial charge in [0.15, 0.2) is 0 Å². The van der Waals surface area contributed by atoms with Crippen LogP contribution in [0.3, 0.4) is 0 Å². The summed E-state index contributed by atoms with van der Waals surface area (Å²) in [5.74, 6) is -0.448. The summed E-state index contributed by atoms with van der Waals surface area (Å²) in [7, 11) is 0. The molecule has 7 heteroatoms. The summed E-state index contributed by atoms with van der Waals surface area (Å²) >= 11 is 0. The van der Waals surface area contributed by atoms with Gasteiger partial charge in [0.1, 0.15) is 11.5 Å². The van der Waals surface area contributed by atoms with E-state index in [0.29, 0.717) is 36.4 Å².